The van der Waals surface area contributed by atoms with E-state index < -0.39 is 23.4 Å². The first-order chi connectivity index (χ1) is 12.2. The quantitative estimate of drug-likeness (QED) is 0.846. The van der Waals surface area contributed by atoms with Crippen molar-refractivity contribution >= 4 is 17.6 Å². The number of alkyl halides is 3. The Morgan fingerprint density at radius 2 is 1.88 bits per heavy atom. The number of amides is 1. The SMILES string of the molecule is CC(C(=O)Nc1ccc(-n2ncc(C(=O)O)c2C(F)(F)F)cc1)C1CC1. The molecular weight excluding hydrogens is 351 g/mol. The molecule has 0 aliphatic heterocycles. The van der Waals surface area contributed by atoms with Crippen LogP contribution in [-0.4, -0.2) is 26.8 Å². The predicted octanol–water partition coefficient (Wildman–Crippen LogP) is 3.57. The van der Waals surface area contributed by atoms with Gasteiger partial charge in [0, 0.05) is 11.6 Å². The van der Waals surface area contributed by atoms with Gasteiger partial charge in [0.15, 0.2) is 5.69 Å². The van der Waals surface area contributed by atoms with E-state index in [1.807, 2.05) is 6.92 Å². The van der Waals surface area contributed by atoms with E-state index in [-0.39, 0.29) is 17.5 Å². The molecule has 26 heavy (non-hydrogen) atoms. The summed E-state index contributed by atoms with van der Waals surface area (Å²) >= 11 is 0. The second kappa shape index (κ2) is 6.47. The molecule has 1 aromatic carbocycles. The average Bonchev–Trinajstić information content (AvgIpc) is 3.30. The fraction of sp³-hybridized carbons (Fsp3) is 0.353. The fourth-order valence-corrected chi connectivity index (χ4v) is 2.73. The van der Waals surface area contributed by atoms with Crippen LogP contribution in [0.2, 0.25) is 0 Å². The fourth-order valence-electron chi connectivity index (χ4n) is 2.73. The number of hydrogen-bond donors (Lipinski definition) is 2. The third kappa shape index (κ3) is 3.56. The van der Waals surface area contributed by atoms with Gasteiger partial charge in [0.2, 0.25) is 5.91 Å². The lowest BCUT2D eigenvalue weighted by atomic mass is 10.1. The van der Waals surface area contributed by atoms with Gasteiger partial charge in [-0.3, -0.25) is 4.79 Å². The van der Waals surface area contributed by atoms with Crippen molar-refractivity contribution in [1.29, 1.82) is 0 Å². The summed E-state index contributed by atoms with van der Waals surface area (Å²) in [5.41, 5.74) is -1.79. The van der Waals surface area contributed by atoms with Gasteiger partial charge in [-0.05, 0) is 43.0 Å². The molecule has 3 rings (SSSR count). The highest BCUT2D eigenvalue weighted by Crippen LogP contribution is 2.37. The van der Waals surface area contributed by atoms with Crippen LogP contribution in [0.4, 0.5) is 18.9 Å². The van der Waals surface area contributed by atoms with Crippen molar-refractivity contribution in [2.45, 2.75) is 25.9 Å². The lowest BCUT2D eigenvalue weighted by Crippen LogP contribution is -2.21. The maximum absolute atomic E-state index is 13.2. The molecule has 1 saturated carbocycles. The molecule has 2 N–H and O–H groups in total. The van der Waals surface area contributed by atoms with Crippen LogP contribution in [0.15, 0.2) is 30.5 Å². The summed E-state index contributed by atoms with van der Waals surface area (Å²) in [6.45, 7) is 1.84. The second-order valence-corrected chi connectivity index (χ2v) is 6.28. The third-order valence-corrected chi connectivity index (χ3v) is 4.39. The molecule has 1 fully saturated rings. The van der Waals surface area contributed by atoms with Crippen LogP contribution < -0.4 is 5.32 Å². The molecule has 1 amide bonds. The number of carbonyl (C=O) groups is 2. The number of carbonyl (C=O) groups excluding carboxylic acids is 1. The van der Waals surface area contributed by atoms with Crippen LogP contribution in [0.1, 0.15) is 35.8 Å². The number of rotatable bonds is 5. The van der Waals surface area contributed by atoms with Gasteiger partial charge < -0.3 is 10.4 Å². The minimum Gasteiger partial charge on any atom is -0.478 e. The summed E-state index contributed by atoms with van der Waals surface area (Å²) in [4.78, 5) is 23.1. The molecule has 1 heterocycles. The predicted molar refractivity (Wildman–Crippen MR) is 86.0 cm³/mol. The summed E-state index contributed by atoms with van der Waals surface area (Å²) < 4.78 is 40.2. The molecule has 0 spiro atoms. The number of halogens is 3. The van der Waals surface area contributed by atoms with Crippen molar-refractivity contribution in [3.8, 4) is 5.69 Å². The van der Waals surface area contributed by atoms with E-state index in [4.69, 9.17) is 5.11 Å². The first kappa shape index (κ1) is 18.0. The molecule has 0 saturated heterocycles. The Morgan fingerprint density at radius 3 is 2.38 bits per heavy atom. The number of carboxylic acids is 1. The number of nitrogens with one attached hydrogen (secondary N) is 1. The number of anilines is 1. The van der Waals surface area contributed by atoms with Crippen LogP contribution >= 0.6 is 0 Å². The Bertz CT molecular complexity index is 839. The summed E-state index contributed by atoms with van der Waals surface area (Å²) in [6, 6.07) is 5.58. The lowest BCUT2D eigenvalue weighted by Gasteiger charge is -2.13. The molecule has 9 heteroatoms. The zero-order chi connectivity index (χ0) is 19.1. The Hall–Kier alpha value is -2.84. The van der Waals surface area contributed by atoms with E-state index in [1.165, 1.54) is 24.3 Å². The summed E-state index contributed by atoms with van der Waals surface area (Å²) in [5.74, 6) is -1.57. The van der Waals surface area contributed by atoms with Crippen molar-refractivity contribution in [3.63, 3.8) is 0 Å². The third-order valence-electron chi connectivity index (χ3n) is 4.39. The Balaban J connectivity index is 1.85. The normalized spacial score (nSPS) is 15.5. The van der Waals surface area contributed by atoms with Crippen molar-refractivity contribution in [2.75, 3.05) is 5.32 Å². The first-order valence-electron chi connectivity index (χ1n) is 7.98. The highest BCUT2D eigenvalue weighted by atomic mass is 19.4. The highest BCUT2D eigenvalue weighted by Gasteiger charge is 2.40. The molecular formula is C17H16F3N3O3. The summed E-state index contributed by atoms with van der Waals surface area (Å²) in [5, 5.41) is 15.2. The number of hydrogen-bond acceptors (Lipinski definition) is 3. The van der Waals surface area contributed by atoms with Gasteiger partial charge in [0.25, 0.3) is 0 Å². The van der Waals surface area contributed by atoms with Crippen LogP contribution in [0, 0.1) is 11.8 Å². The maximum atomic E-state index is 13.2. The van der Waals surface area contributed by atoms with E-state index in [2.05, 4.69) is 10.4 Å². The zero-order valence-electron chi connectivity index (χ0n) is 13.7. The van der Waals surface area contributed by atoms with Crippen molar-refractivity contribution in [2.24, 2.45) is 11.8 Å². The maximum Gasteiger partial charge on any atom is 0.434 e. The number of nitrogens with zero attached hydrogens (tertiary/aromatic N) is 2. The van der Waals surface area contributed by atoms with Crippen molar-refractivity contribution in [1.82, 2.24) is 9.78 Å². The Morgan fingerprint density at radius 1 is 1.27 bits per heavy atom. The minimum atomic E-state index is -4.88. The van der Waals surface area contributed by atoms with E-state index in [0.717, 1.165) is 12.8 Å². The number of carboxylic acid groups (broad SMARTS) is 1. The number of aromatic carboxylic acids is 1. The van der Waals surface area contributed by atoms with Crippen LogP contribution in [0.25, 0.3) is 5.69 Å². The minimum absolute atomic E-state index is 0.0399. The summed E-state index contributed by atoms with van der Waals surface area (Å²) in [6.07, 6.45) is -2.16. The molecule has 1 aliphatic rings. The summed E-state index contributed by atoms with van der Waals surface area (Å²) in [7, 11) is 0. The smallest absolute Gasteiger partial charge is 0.434 e. The van der Waals surface area contributed by atoms with Gasteiger partial charge >= 0.3 is 12.1 Å². The lowest BCUT2D eigenvalue weighted by molar-refractivity contribution is -0.143. The first-order valence-corrected chi connectivity index (χ1v) is 7.98. The van der Waals surface area contributed by atoms with E-state index >= 15 is 0 Å². The van der Waals surface area contributed by atoms with Crippen molar-refractivity contribution in [3.05, 3.63) is 41.7 Å². The Labute approximate surface area is 146 Å². The Kier molecular flexibility index (Phi) is 4.47. The van der Waals surface area contributed by atoms with Gasteiger partial charge in [-0.15, -0.1) is 0 Å². The van der Waals surface area contributed by atoms with Gasteiger partial charge in [0.1, 0.15) is 5.56 Å². The van der Waals surface area contributed by atoms with Gasteiger partial charge in [-0.2, -0.15) is 18.3 Å². The molecule has 0 bridgehead atoms. The molecule has 6 nitrogen and oxygen atoms in total. The van der Waals surface area contributed by atoms with Crippen molar-refractivity contribution < 1.29 is 27.9 Å². The van der Waals surface area contributed by atoms with E-state index in [9.17, 15) is 22.8 Å². The molecule has 1 aliphatic carbocycles. The monoisotopic (exact) mass is 367 g/mol. The van der Waals surface area contributed by atoms with Crippen LogP contribution in [-0.2, 0) is 11.0 Å². The van der Waals surface area contributed by atoms with Gasteiger partial charge in [-0.1, -0.05) is 6.92 Å². The average molecular weight is 367 g/mol. The van der Waals surface area contributed by atoms with Gasteiger partial charge in [-0.25, -0.2) is 9.48 Å². The number of benzene rings is 1. The topological polar surface area (TPSA) is 84.2 Å². The zero-order valence-corrected chi connectivity index (χ0v) is 13.7. The highest BCUT2D eigenvalue weighted by molar-refractivity contribution is 5.92. The number of aromatic nitrogens is 2. The van der Waals surface area contributed by atoms with Crippen LogP contribution in [0.5, 0.6) is 0 Å². The van der Waals surface area contributed by atoms with E-state index in [0.29, 0.717) is 22.5 Å². The van der Waals surface area contributed by atoms with Crippen LogP contribution in [0.3, 0.4) is 0 Å². The standard InChI is InChI=1S/C17H16F3N3O3/c1-9(10-2-3-10)15(24)22-11-4-6-12(7-5-11)23-14(17(18,19)20)13(8-21-23)16(25)26/h4-10H,2-3H2,1H3,(H,22,24)(H,25,26). The van der Waals surface area contributed by atoms with Gasteiger partial charge in [0.05, 0.1) is 11.9 Å². The molecule has 1 unspecified atom stereocenters. The molecule has 1 aromatic heterocycles. The largest absolute Gasteiger partial charge is 0.478 e. The molecule has 138 valence electrons. The molecule has 0 radical (unpaired) electrons. The van der Waals surface area contributed by atoms with E-state index in [1.54, 1.807) is 0 Å². The second-order valence-electron chi connectivity index (χ2n) is 6.28. The molecule has 2 aromatic rings. The molecule has 1 atom stereocenters.